The number of hydrogen-bond acceptors (Lipinski definition) is 2. The molecule has 0 atom stereocenters. The Kier molecular flexibility index (Phi) is 3.65. The van der Waals surface area contributed by atoms with E-state index in [4.69, 9.17) is 5.11 Å². The molecule has 3 heteroatoms. The molecule has 0 aliphatic carbocycles. The summed E-state index contributed by atoms with van der Waals surface area (Å²) in [5.74, 6) is -0.0368. The summed E-state index contributed by atoms with van der Waals surface area (Å²) >= 11 is 0. The van der Waals surface area contributed by atoms with Crippen molar-refractivity contribution in [3.63, 3.8) is 0 Å². The third-order valence-corrected chi connectivity index (χ3v) is 2.03. The Balaban J connectivity index is 2.93. The van der Waals surface area contributed by atoms with Crippen LogP contribution in [-0.4, -0.2) is 11.0 Å². The molecule has 0 bridgehead atoms. The molecule has 0 fully saturated rings. The van der Waals surface area contributed by atoms with Gasteiger partial charge >= 0.3 is 0 Å². The van der Waals surface area contributed by atoms with E-state index in [9.17, 15) is 4.79 Å². The van der Waals surface area contributed by atoms with Gasteiger partial charge in [0, 0.05) is 17.7 Å². The summed E-state index contributed by atoms with van der Waals surface area (Å²) in [5, 5.41) is 11.8. The van der Waals surface area contributed by atoms with Crippen LogP contribution >= 0.6 is 0 Å². The van der Waals surface area contributed by atoms with Crippen LogP contribution in [0, 0.1) is 6.92 Å². The van der Waals surface area contributed by atoms with Gasteiger partial charge in [-0.1, -0.05) is 19.1 Å². The predicted molar refractivity (Wildman–Crippen MR) is 56.0 cm³/mol. The predicted octanol–water partition coefficient (Wildman–Crippen LogP) is 1.84. The Labute approximate surface area is 83.8 Å². The number of aliphatic hydroxyl groups is 1. The minimum atomic E-state index is -0.0559. The second-order valence-electron chi connectivity index (χ2n) is 3.22. The highest BCUT2D eigenvalue weighted by Gasteiger charge is 2.04. The fraction of sp³-hybridized carbons (Fsp3) is 0.364. The lowest BCUT2D eigenvalue weighted by atomic mass is 10.1. The van der Waals surface area contributed by atoms with Crippen molar-refractivity contribution < 1.29 is 9.90 Å². The first-order valence-corrected chi connectivity index (χ1v) is 4.67. The van der Waals surface area contributed by atoms with E-state index < -0.39 is 0 Å². The highest BCUT2D eigenvalue weighted by atomic mass is 16.3. The topological polar surface area (TPSA) is 49.3 Å². The maximum atomic E-state index is 11.2. The Morgan fingerprint density at radius 2 is 2.21 bits per heavy atom. The summed E-state index contributed by atoms with van der Waals surface area (Å²) in [4.78, 5) is 11.2. The lowest BCUT2D eigenvalue weighted by molar-refractivity contribution is -0.115. The number of anilines is 1. The van der Waals surface area contributed by atoms with Crippen molar-refractivity contribution in [1.29, 1.82) is 0 Å². The van der Waals surface area contributed by atoms with Gasteiger partial charge in [0.15, 0.2) is 0 Å². The number of aryl methyl sites for hydroxylation is 1. The van der Waals surface area contributed by atoms with Gasteiger partial charge in [-0.25, -0.2) is 0 Å². The highest BCUT2D eigenvalue weighted by Crippen LogP contribution is 2.17. The quantitative estimate of drug-likeness (QED) is 0.769. The molecule has 3 nitrogen and oxygen atoms in total. The fourth-order valence-corrected chi connectivity index (χ4v) is 1.18. The summed E-state index contributed by atoms with van der Waals surface area (Å²) in [6.07, 6.45) is 0.443. The van der Waals surface area contributed by atoms with Crippen LogP contribution in [0.4, 0.5) is 5.69 Å². The lowest BCUT2D eigenvalue weighted by Gasteiger charge is -2.09. The van der Waals surface area contributed by atoms with E-state index in [0.29, 0.717) is 12.1 Å². The van der Waals surface area contributed by atoms with Crippen LogP contribution in [0.3, 0.4) is 0 Å². The van der Waals surface area contributed by atoms with Gasteiger partial charge in [0.1, 0.15) is 0 Å². The summed E-state index contributed by atoms with van der Waals surface area (Å²) in [6.45, 7) is 3.69. The molecule has 0 saturated heterocycles. The minimum Gasteiger partial charge on any atom is -0.392 e. The third-order valence-electron chi connectivity index (χ3n) is 2.03. The fourth-order valence-electron chi connectivity index (χ4n) is 1.18. The van der Waals surface area contributed by atoms with E-state index in [1.165, 1.54) is 0 Å². The van der Waals surface area contributed by atoms with Crippen LogP contribution < -0.4 is 5.32 Å². The van der Waals surface area contributed by atoms with Gasteiger partial charge in [-0.3, -0.25) is 4.79 Å². The van der Waals surface area contributed by atoms with Crippen molar-refractivity contribution in [3.8, 4) is 0 Å². The van der Waals surface area contributed by atoms with Gasteiger partial charge in [-0.2, -0.15) is 0 Å². The van der Waals surface area contributed by atoms with Crippen LogP contribution in [0.1, 0.15) is 24.5 Å². The third kappa shape index (κ3) is 2.57. The zero-order valence-corrected chi connectivity index (χ0v) is 8.50. The molecule has 0 aliphatic heterocycles. The van der Waals surface area contributed by atoms with Crippen molar-refractivity contribution in [3.05, 3.63) is 29.3 Å². The maximum Gasteiger partial charge on any atom is 0.224 e. The molecule has 1 amide bonds. The molecule has 14 heavy (non-hydrogen) atoms. The van der Waals surface area contributed by atoms with Gasteiger partial charge in [0.2, 0.25) is 5.91 Å². The van der Waals surface area contributed by atoms with Crippen LogP contribution in [0.15, 0.2) is 18.2 Å². The molecule has 0 spiro atoms. The molecular formula is C11H15NO2. The van der Waals surface area contributed by atoms with Gasteiger partial charge in [-0.15, -0.1) is 0 Å². The number of nitrogens with one attached hydrogen (secondary N) is 1. The summed E-state index contributed by atoms with van der Waals surface area (Å²) in [6, 6.07) is 5.59. The molecule has 0 saturated carbocycles. The van der Waals surface area contributed by atoms with Crippen LogP contribution in [0.5, 0.6) is 0 Å². The molecule has 1 aromatic rings. The smallest absolute Gasteiger partial charge is 0.224 e. The number of benzene rings is 1. The Bertz CT molecular complexity index is 334. The van der Waals surface area contributed by atoms with E-state index in [2.05, 4.69) is 5.32 Å². The molecule has 0 heterocycles. The number of hydrogen-bond donors (Lipinski definition) is 2. The second-order valence-corrected chi connectivity index (χ2v) is 3.22. The molecule has 2 N–H and O–H groups in total. The first kappa shape index (κ1) is 10.7. The normalized spacial score (nSPS) is 9.93. The monoisotopic (exact) mass is 193 g/mol. The molecule has 0 unspecified atom stereocenters. The molecule has 0 aliphatic rings. The molecule has 0 radical (unpaired) electrons. The van der Waals surface area contributed by atoms with Gasteiger partial charge in [0.25, 0.3) is 0 Å². The molecule has 76 valence electrons. The van der Waals surface area contributed by atoms with Crippen molar-refractivity contribution in [2.45, 2.75) is 26.9 Å². The zero-order chi connectivity index (χ0) is 10.6. The van der Waals surface area contributed by atoms with Crippen LogP contribution in [0.2, 0.25) is 0 Å². The van der Waals surface area contributed by atoms with E-state index >= 15 is 0 Å². The molecule has 0 aromatic heterocycles. The molecule has 1 rings (SSSR count). The van der Waals surface area contributed by atoms with E-state index in [0.717, 1.165) is 11.1 Å². The highest BCUT2D eigenvalue weighted by molar-refractivity contribution is 5.91. The van der Waals surface area contributed by atoms with Crippen molar-refractivity contribution in [1.82, 2.24) is 0 Å². The second kappa shape index (κ2) is 4.77. The van der Waals surface area contributed by atoms with Crippen LogP contribution in [-0.2, 0) is 11.4 Å². The lowest BCUT2D eigenvalue weighted by Crippen LogP contribution is -2.11. The zero-order valence-electron chi connectivity index (χ0n) is 8.50. The number of aliphatic hydroxyl groups excluding tert-OH is 1. The SMILES string of the molecule is CCC(=O)Nc1cc(C)ccc1CO. The Morgan fingerprint density at radius 3 is 2.79 bits per heavy atom. The summed E-state index contributed by atoms with van der Waals surface area (Å²) in [5.41, 5.74) is 2.52. The van der Waals surface area contributed by atoms with E-state index in [1.807, 2.05) is 25.1 Å². The Hall–Kier alpha value is -1.35. The average Bonchev–Trinajstić information content (AvgIpc) is 2.18. The van der Waals surface area contributed by atoms with E-state index in [-0.39, 0.29) is 12.5 Å². The summed E-state index contributed by atoms with van der Waals surface area (Å²) < 4.78 is 0. The standard InChI is InChI=1S/C11H15NO2/c1-3-11(14)12-10-6-8(2)4-5-9(10)7-13/h4-6,13H,3,7H2,1-2H3,(H,12,14). The molecular weight excluding hydrogens is 178 g/mol. The van der Waals surface area contributed by atoms with Gasteiger partial charge in [-0.05, 0) is 18.6 Å². The number of carbonyl (C=O) groups excluding carboxylic acids is 1. The summed E-state index contributed by atoms with van der Waals surface area (Å²) in [7, 11) is 0. The molecule has 1 aromatic carbocycles. The Morgan fingerprint density at radius 1 is 1.50 bits per heavy atom. The first-order chi connectivity index (χ1) is 6.67. The van der Waals surface area contributed by atoms with Crippen molar-refractivity contribution >= 4 is 11.6 Å². The minimum absolute atomic E-state index is 0.0368. The largest absolute Gasteiger partial charge is 0.392 e. The number of carbonyl (C=O) groups is 1. The average molecular weight is 193 g/mol. The van der Waals surface area contributed by atoms with Gasteiger partial charge in [0.05, 0.1) is 6.61 Å². The number of rotatable bonds is 3. The van der Waals surface area contributed by atoms with Crippen LogP contribution in [0.25, 0.3) is 0 Å². The van der Waals surface area contributed by atoms with Crippen molar-refractivity contribution in [2.24, 2.45) is 0 Å². The van der Waals surface area contributed by atoms with E-state index in [1.54, 1.807) is 6.92 Å². The number of amides is 1. The van der Waals surface area contributed by atoms with Crippen molar-refractivity contribution in [2.75, 3.05) is 5.32 Å². The maximum absolute atomic E-state index is 11.2. The first-order valence-electron chi connectivity index (χ1n) is 4.67. The van der Waals surface area contributed by atoms with Gasteiger partial charge < -0.3 is 10.4 Å².